The molecule has 0 aromatic rings. The highest BCUT2D eigenvalue weighted by Gasteiger charge is 2.49. The number of carbonyl (C=O) groups is 2. The van der Waals surface area contributed by atoms with Crippen LogP contribution < -0.4 is 0 Å². The summed E-state index contributed by atoms with van der Waals surface area (Å²) in [5.74, 6) is 0.0116. The summed E-state index contributed by atoms with van der Waals surface area (Å²) < 4.78 is 0. The van der Waals surface area contributed by atoms with Crippen molar-refractivity contribution < 1.29 is 14.7 Å². The second kappa shape index (κ2) is 6.24. The topological polar surface area (TPSA) is 60.9 Å². The summed E-state index contributed by atoms with van der Waals surface area (Å²) in [4.78, 5) is 27.9. The molecule has 2 saturated heterocycles. The van der Waals surface area contributed by atoms with Crippen molar-refractivity contribution in [1.82, 2.24) is 9.80 Å². The van der Waals surface area contributed by atoms with Crippen LogP contribution >= 0.6 is 0 Å². The van der Waals surface area contributed by atoms with Gasteiger partial charge in [-0.3, -0.25) is 4.79 Å². The SMILES string of the molecule is CCC1CCN(C(=O)N2CCC(C(=O)O)(C(C)C)C2)CC1. The van der Waals surface area contributed by atoms with Crippen LogP contribution in [-0.2, 0) is 4.79 Å². The Morgan fingerprint density at radius 3 is 2.24 bits per heavy atom. The van der Waals surface area contributed by atoms with E-state index in [1.54, 1.807) is 4.90 Å². The summed E-state index contributed by atoms with van der Waals surface area (Å²) in [5.41, 5.74) is -0.766. The normalized spacial score (nSPS) is 27.4. The van der Waals surface area contributed by atoms with E-state index < -0.39 is 11.4 Å². The van der Waals surface area contributed by atoms with Crippen molar-refractivity contribution >= 4 is 12.0 Å². The molecule has 0 spiro atoms. The molecule has 2 rings (SSSR count). The average molecular weight is 296 g/mol. The molecule has 2 amide bonds. The standard InChI is InChI=1S/C16H28N2O3/c1-4-13-5-8-17(9-6-13)15(21)18-10-7-16(11-18,12(2)3)14(19)20/h12-13H,4-11H2,1-3H3,(H,19,20). The summed E-state index contributed by atoms with van der Waals surface area (Å²) in [6, 6.07) is 0.0355. The van der Waals surface area contributed by atoms with Crippen molar-refractivity contribution in [2.75, 3.05) is 26.2 Å². The minimum Gasteiger partial charge on any atom is -0.481 e. The lowest BCUT2D eigenvalue weighted by molar-refractivity contribution is -0.150. The number of nitrogens with zero attached hydrogens (tertiary/aromatic N) is 2. The number of carbonyl (C=O) groups excluding carboxylic acids is 1. The first kappa shape index (κ1) is 16.1. The lowest BCUT2D eigenvalue weighted by Crippen LogP contribution is -2.47. The molecule has 0 bridgehead atoms. The summed E-state index contributed by atoms with van der Waals surface area (Å²) in [6.45, 7) is 8.63. The zero-order chi connectivity index (χ0) is 15.6. The predicted octanol–water partition coefficient (Wildman–Crippen LogP) is 2.66. The van der Waals surface area contributed by atoms with Crippen molar-refractivity contribution in [3.05, 3.63) is 0 Å². The number of carboxylic acid groups (broad SMARTS) is 1. The van der Waals surface area contributed by atoms with Gasteiger partial charge < -0.3 is 14.9 Å². The third-order valence-corrected chi connectivity index (χ3v) is 5.56. The lowest BCUT2D eigenvalue weighted by atomic mass is 9.76. The number of hydrogen-bond acceptors (Lipinski definition) is 2. The molecule has 120 valence electrons. The number of rotatable bonds is 3. The van der Waals surface area contributed by atoms with E-state index in [9.17, 15) is 14.7 Å². The summed E-state index contributed by atoms with van der Waals surface area (Å²) in [5, 5.41) is 9.56. The summed E-state index contributed by atoms with van der Waals surface area (Å²) in [7, 11) is 0. The van der Waals surface area contributed by atoms with Crippen LogP contribution in [-0.4, -0.2) is 53.1 Å². The zero-order valence-electron chi connectivity index (χ0n) is 13.5. The largest absolute Gasteiger partial charge is 0.481 e. The van der Waals surface area contributed by atoms with Crippen molar-refractivity contribution in [1.29, 1.82) is 0 Å². The van der Waals surface area contributed by atoms with Gasteiger partial charge in [-0.25, -0.2) is 4.79 Å². The van der Waals surface area contributed by atoms with Crippen molar-refractivity contribution in [2.24, 2.45) is 17.3 Å². The van der Waals surface area contributed by atoms with Crippen LogP contribution in [0.4, 0.5) is 4.79 Å². The lowest BCUT2D eigenvalue weighted by Gasteiger charge is -2.35. The van der Waals surface area contributed by atoms with Crippen molar-refractivity contribution in [3.8, 4) is 0 Å². The fourth-order valence-electron chi connectivity index (χ4n) is 3.62. The maximum atomic E-state index is 12.6. The van der Waals surface area contributed by atoms with Gasteiger partial charge in [0.2, 0.25) is 0 Å². The molecular formula is C16H28N2O3. The highest BCUT2D eigenvalue weighted by atomic mass is 16.4. The highest BCUT2D eigenvalue weighted by Crippen LogP contribution is 2.38. The number of urea groups is 1. The van der Waals surface area contributed by atoms with Gasteiger partial charge in [-0.1, -0.05) is 27.2 Å². The van der Waals surface area contributed by atoms with E-state index >= 15 is 0 Å². The molecule has 21 heavy (non-hydrogen) atoms. The van der Waals surface area contributed by atoms with Crippen molar-refractivity contribution in [3.63, 3.8) is 0 Å². The predicted molar refractivity (Wildman–Crippen MR) is 81.1 cm³/mol. The van der Waals surface area contributed by atoms with Gasteiger partial charge in [0, 0.05) is 26.2 Å². The fraction of sp³-hybridized carbons (Fsp3) is 0.875. The molecule has 5 heteroatoms. The minimum atomic E-state index is -0.766. The number of carboxylic acids is 1. The molecule has 5 nitrogen and oxygen atoms in total. The number of aliphatic carboxylic acids is 1. The second-order valence-corrected chi connectivity index (χ2v) is 6.91. The van der Waals surface area contributed by atoms with Crippen LogP contribution in [0, 0.1) is 17.3 Å². The summed E-state index contributed by atoms with van der Waals surface area (Å²) >= 11 is 0. The molecule has 1 unspecified atom stereocenters. The van der Waals surface area contributed by atoms with Crippen LogP contribution in [0.3, 0.4) is 0 Å². The zero-order valence-corrected chi connectivity index (χ0v) is 13.5. The second-order valence-electron chi connectivity index (χ2n) is 6.91. The number of piperidine rings is 1. The van der Waals surface area contributed by atoms with Crippen LogP contribution in [0.25, 0.3) is 0 Å². The molecule has 2 fully saturated rings. The Hall–Kier alpha value is -1.26. The van der Waals surface area contributed by atoms with E-state index in [0.29, 0.717) is 19.5 Å². The van der Waals surface area contributed by atoms with Crippen LogP contribution in [0.2, 0.25) is 0 Å². The van der Waals surface area contributed by atoms with E-state index in [0.717, 1.165) is 31.8 Å². The molecule has 0 aromatic carbocycles. The maximum absolute atomic E-state index is 12.6. The average Bonchev–Trinajstić information content (AvgIpc) is 2.93. The molecule has 2 aliphatic rings. The Labute approximate surface area is 127 Å². The molecular weight excluding hydrogens is 268 g/mol. The first-order valence-corrected chi connectivity index (χ1v) is 8.18. The minimum absolute atomic E-state index is 0.0355. The monoisotopic (exact) mass is 296 g/mol. The van der Waals surface area contributed by atoms with Gasteiger partial charge in [0.1, 0.15) is 0 Å². The first-order chi connectivity index (χ1) is 9.90. The Bertz CT molecular complexity index is 402. The van der Waals surface area contributed by atoms with E-state index in [4.69, 9.17) is 0 Å². The molecule has 0 saturated carbocycles. The third-order valence-electron chi connectivity index (χ3n) is 5.56. The van der Waals surface area contributed by atoms with Crippen LogP contribution in [0.15, 0.2) is 0 Å². The molecule has 0 aliphatic carbocycles. The van der Waals surface area contributed by atoms with Gasteiger partial charge in [0.25, 0.3) is 0 Å². The van der Waals surface area contributed by atoms with Crippen molar-refractivity contribution in [2.45, 2.75) is 46.5 Å². The smallest absolute Gasteiger partial charge is 0.320 e. The fourth-order valence-corrected chi connectivity index (χ4v) is 3.62. The van der Waals surface area contributed by atoms with E-state index in [2.05, 4.69) is 6.92 Å². The Balaban J connectivity index is 1.98. The number of likely N-dealkylation sites (tertiary alicyclic amines) is 2. The molecule has 0 aromatic heterocycles. The van der Waals surface area contributed by atoms with Gasteiger partial charge in [-0.05, 0) is 31.1 Å². The Morgan fingerprint density at radius 1 is 1.19 bits per heavy atom. The first-order valence-electron chi connectivity index (χ1n) is 8.18. The van der Waals surface area contributed by atoms with Gasteiger partial charge in [-0.15, -0.1) is 0 Å². The highest BCUT2D eigenvalue weighted by molar-refractivity contribution is 5.80. The Morgan fingerprint density at radius 2 is 1.81 bits per heavy atom. The van der Waals surface area contributed by atoms with Gasteiger partial charge in [0.05, 0.1) is 5.41 Å². The van der Waals surface area contributed by atoms with E-state index in [1.165, 1.54) is 6.42 Å². The maximum Gasteiger partial charge on any atom is 0.320 e. The molecule has 1 N–H and O–H groups in total. The van der Waals surface area contributed by atoms with Gasteiger partial charge >= 0.3 is 12.0 Å². The number of hydrogen-bond donors (Lipinski definition) is 1. The third kappa shape index (κ3) is 3.01. The molecule has 1 atom stereocenters. The molecule has 0 radical (unpaired) electrons. The quantitative estimate of drug-likeness (QED) is 0.871. The number of amides is 2. The van der Waals surface area contributed by atoms with Crippen LogP contribution in [0.5, 0.6) is 0 Å². The molecule has 2 heterocycles. The van der Waals surface area contributed by atoms with Gasteiger partial charge in [0.15, 0.2) is 0 Å². The van der Waals surface area contributed by atoms with Crippen LogP contribution in [0.1, 0.15) is 46.5 Å². The van der Waals surface area contributed by atoms with Gasteiger partial charge in [-0.2, -0.15) is 0 Å². The van der Waals surface area contributed by atoms with E-state index in [1.807, 2.05) is 18.7 Å². The van der Waals surface area contributed by atoms with E-state index in [-0.39, 0.29) is 11.9 Å². The Kier molecular flexibility index (Phi) is 4.79. The molecule has 2 aliphatic heterocycles. The summed E-state index contributed by atoms with van der Waals surface area (Å²) in [6.07, 6.45) is 3.90.